The standard InChI is InChI=1S/C22H28N4O2/c1-18(19-8-3-2-4-9-19)24-21(27)11-7-12-22(28)26-16-14-25(15-17-26)20-10-5-6-13-23-20/h2-6,8-10,13,18H,7,11-12,14-17H2,1H3,(H,24,27)/p+1/t18-/m0/s1. The van der Waals surface area contributed by atoms with E-state index in [0.29, 0.717) is 19.3 Å². The van der Waals surface area contributed by atoms with E-state index in [-0.39, 0.29) is 17.9 Å². The molecule has 6 heteroatoms. The minimum atomic E-state index is -0.0210. The van der Waals surface area contributed by atoms with Crippen LogP contribution in [0.4, 0.5) is 5.82 Å². The van der Waals surface area contributed by atoms with Crippen molar-refractivity contribution in [2.24, 2.45) is 0 Å². The molecule has 2 amide bonds. The van der Waals surface area contributed by atoms with Gasteiger partial charge in [-0.15, -0.1) is 0 Å². The molecule has 1 fully saturated rings. The molecule has 2 N–H and O–H groups in total. The van der Waals surface area contributed by atoms with Crippen molar-refractivity contribution in [3.63, 3.8) is 0 Å². The molecular weight excluding hydrogens is 352 g/mol. The number of nitrogens with zero attached hydrogens (tertiary/aromatic N) is 2. The summed E-state index contributed by atoms with van der Waals surface area (Å²) in [6.07, 6.45) is 3.29. The van der Waals surface area contributed by atoms with Crippen LogP contribution < -0.4 is 15.2 Å². The van der Waals surface area contributed by atoms with E-state index in [4.69, 9.17) is 0 Å². The summed E-state index contributed by atoms with van der Waals surface area (Å²) in [5.74, 6) is 1.22. The van der Waals surface area contributed by atoms with Gasteiger partial charge < -0.3 is 10.2 Å². The van der Waals surface area contributed by atoms with Crippen molar-refractivity contribution in [2.75, 3.05) is 31.1 Å². The molecule has 148 valence electrons. The first kappa shape index (κ1) is 19.9. The molecule has 28 heavy (non-hydrogen) atoms. The molecule has 2 aromatic rings. The normalized spacial score (nSPS) is 15.2. The maximum Gasteiger partial charge on any atom is 0.274 e. The molecule has 0 radical (unpaired) electrons. The number of pyridine rings is 1. The number of carbonyl (C=O) groups excluding carboxylic acids is 2. The maximum atomic E-state index is 12.4. The van der Waals surface area contributed by atoms with Crippen LogP contribution >= 0.6 is 0 Å². The van der Waals surface area contributed by atoms with Gasteiger partial charge in [-0.3, -0.25) is 14.5 Å². The molecule has 1 aliphatic rings. The van der Waals surface area contributed by atoms with Gasteiger partial charge >= 0.3 is 0 Å². The molecule has 0 bridgehead atoms. The molecule has 1 atom stereocenters. The van der Waals surface area contributed by atoms with Crippen molar-refractivity contribution >= 4 is 17.6 Å². The van der Waals surface area contributed by atoms with Gasteiger partial charge in [0.2, 0.25) is 11.8 Å². The highest BCUT2D eigenvalue weighted by Crippen LogP contribution is 2.13. The van der Waals surface area contributed by atoms with E-state index >= 15 is 0 Å². The van der Waals surface area contributed by atoms with E-state index < -0.39 is 0 Å². The Morgan fingerprint density at radius 3 is 2.39 bits per heavy atom. The number of piperazine rings is 1. The van der Waals surface area contributed by atoms with Gasteiger partial charge in [0.1, 0.15) is 13.1 Å². The Hall–Kier alpha value is -2.89. The summed E-state index contributed by atoms with van der Waals surface area (Å²) in [4.78, 5) is 32.0. The number of amides is 2. The summed E-state index contributed by atoms with van der Waals surface area (Å²) in [6.45, 7) is 5.06. The molecule has 3 rings (SSSR count). The van der Waals surface area contributed by atoms with E-state index in [2.05, 4.69) is 15.2 Å². The molecule has 0 spiro atoms. The number of carbonyl (C=O) groups is 2. The van der Waals surface area contributed by atoms with Crippen LogP contribution in [0.15, 0.2) is 54.7 Å². The lowest BCUT2D eigenvalue weighted by Gasteiger charge is -2.31. The van der Waals surface area contributed by atoms with Gasteiger partial charge in [-0.25, -0.2) is 4.98 Å². The lowest BCUT2D eigenvalue weighted by atomic mass is 10.1. The van der Waals surface area contributed by atoms with Crippen molar-refractivity contribution < 1.29 is 14.6 Å². The number of hydrogen-bond acceptors (Lipinski definition) is 3. The third-order valence-corrected chi connectivity index (χ3v) is 5.14. The molecule has 0 unspecified atom stereocenters. The van der Waals surface area contributed by atoms with Crippen molar-refractivity contribution in [1.82, 2.24) is 10.2 Å². The second-order valence-electron chi connectivity index (χ2n) is 7.17. The first-order valence-electron chi connectivity index (χ1n) is 9.97. The van der Waals surface area contributed by atoms with Crippen LogP contribution in [0.2, 0.25) is 0 Å². The van der Waals surface area contributed by atoms with Crippen LogP contribution in [-0.2, 0) is 9.59 Å². The van der Waals surface area contributed by atoms with E-state index in [1.165, 1.54) is 0 Å². The number of nitrogens with one attached hydrogen (secondary N) is 2. The predicted octanol–water partition coefficient (Wildman–Crippen LogP) is 2.20. The van der Waals surface area contributed by atoms with Gasteiger partial charge in [0.25, 0.3) is 5.82 Å². The van der Waals surface area contributed by atoms with Crippen LogP contribution in [-0.4, -0.2) is 42.9 Å². The molecular formula is C22H29N4O2+. The number of rotatable bonds is 7. The van der Waals surface area contributed by atoms with Gasteiger partial charge in [0.15, 0.2) is 0 Å². The minimum Gasteiger partial charge on any atom is -0.350 e. The van der Waals surface area contributed by atoms with E-state index in [1.807, 2.05) is 66.6 Å². The molecule has 1 aromatic heterocycles. The number of aromatic amines is 1. The first-order valence-corrected chi connectivity index (χ1v) is 9.97. The molecule has 0 saturated carbocycles. The molecule has 1 aromatic carbocycles. The largest absolute Gasteiger partial charge is 0.350 e. The van der Waals surface area contributed by atoms with Crippen LogP contribution in [0.3, 0.4) is 0 Å². The Morgan fingerprint density at radius 1 is 1.00 bits per heavy atom. The SMILES string of the molecule is C[C@H](NC(=O)CCCC(=O)N1CCN(c2cccc[nH+]2)CC1)c1ccccc1. The highest BCUT2D eigenvalue weighted by atomic mass is 16.2. The van der Waals surface area contributed by atoms with Gasteiger partial charge in [-0.05, 0) is 25.0 Å². The smallest absolute Gasteiger partial charge is 0.274 e. The van der Waals surface area contributed by atoms with E-state index in [9.17, 15) is 9.59 Å². The zero-order valence-electron chi connectivity index (χ0n) is 16.4. The minimum absolute atomic E-state index is 0.00594. The summed E-state index contributed by atoms with van der Waals surface area (Å²) in [6, 6.07) is 15.9. The third kappa shape index (κ3) is 5.55. The number of H-pyrrole nitrogens is 1. The van der Waals surface area contributed by atoms with Crippen LogP contribution in [0, 0.1) is 0 Å². The fourth-order valence-corrected chi connectivity index (χ4v) is 3.47. The summed E-state index contributed by atoms with van der Waals surface area (Å²) in [5.41, 5.74) is 1.08. The summed E-state index contributed by atoms with van der Waals surface area (Å²) >= 11 is 0. The van der Waals surface area contributed by atoms with Crippen LogP contribution in [0.25, 0.3) is 0 Å². The van der Waals surface area contributed by atoms with Crippen molar-refractivity contribution in [2.45, 2.75) is 32.2 Å². The molecule has 0 aliphatic carbocycles. The predicted molar refractivity (Wildman–Crippen MR) is 109 cm³/mol. The summed E-state index contributed by atoms with van der Waals surface area (Å²) in [5, 5.41) is 3.00. The second kappa shape index (κ2) is 9.88. The highest BCUT2D eigenvalue weighted by Gasteiger charge is 2.25. The fraction of sp³-hybridized carbons (Fsp3) is 0.409. The lowest BCUT2D eigenvalue weighted by Crippen LogP contribution is -2.50. The van der Waals surface area contributed by atoms with E-state index in [0.717, 1.165) is 37.6 Å². The Kier molecular flexibility index (Phi) is 7.00. The zero-order valence-corrected chi connectivity index (χ0v) is 16.4. The van der Waals surface area contributed by atoms with Gasteiger partial charge in [-0.2, -0.15) is 0 Å². The quantitative estimate of drug-likeness (QED) is 0.800. The fourth-order valence-electron chi connectivity index (χ4n) is 3.47. The molecule has 6 nitrogen and oxygen atoms in total. The molecule has 2 heterocycles. The zero-order chi connectivity index (χ0) is 19.8. The average molecular weight is 382 g/mol. The number of benzene rings is 1. The molecule has 1 saturated heterocycles. The maximum absolute atomic E-state index is 12.4. The van der Waals surface area contributed by atoms with Gasteiger partial charge in [-0.1, -0.05) is 36.4 Å². The number of hydrogen-bond donors (Lipinski definition) is 1. The third-order valence-electron chi connectivity index (χ3n) is 5.14. The molecule has 1 aliphatic heterocycles. The van der Waals surface area contributed by atoms with Crippen molar-refractivity contribution in [3.8, 4) is 0 Å². The van der Waals surface area contributed by atoms with Gasteiger partial charge in [0.05, 0.1) is 25.3 Å². The lowest BCUT2D eigenvalue weighted by molar-refractivity contribution is -0.364. The van der Waals surface area contributed by atoms with Crippen LogP contribution in [0.1, 0.15) is 37.8 Å². The van der Waals surface area contributed by atoms with E-state index in [1.54, 1.807) is 0 Å². The summed E-state index contributed by atoms with van der Waals surface area (Å²) in [7, 11) is 0. The average Bonchev–Trinajstić information content (AvgIpc) is 2.75. The second-order valence-corrected chi connectivity index (χ2v) is 7.17. The Bertz CT molecular complexity index is 759. The monoisotopic (exact) mass is 381 g/mol. The van der Waals surface area contributed by atoms with Gasteiger partial charge in [0, 0.05) is 18.9 Å². The first-order chi connectivity index (χ1) is 13.6. The topological polar surface area (TPSA) is 66.8 Å². The summed E-state index contributed by atoms with van der Waals surface area (Å²) < 4.78 is 0. The highest BCUT2D eigenvalue weighted by molar-refractivity contribution is 5.79. The number of aromatic nitrogens is 1. The van der Waals surface area contributed by atoms with Crippen molar-refractivity contribution in [1.29, 1.82) is 0 Å². The van der Waals surface area contributed by atoms with Crippen LogP contribution in [0.5, 0.6) is 0 Å². The Morgan fingerprint density at radius 2 is 1.71 bits per heavy atom. The Balaban J connectivity index is 1.35. The Labute approximate surface area is 166 Å². The van der Waals surface area contributed by atoms with Crippen molar-refractivity contribution in [3.05, 3.63) is 60.3 Å². The number of anilines is 1.